The summed E-state index contributed by atoms with van der Waals surface area (Å²) in [5.74, 6) is -6.00. The SMILES string of the molecule is N=C(N)NCCC[C@H](NC(=O)[C@@H]1CCCN1C(=O)[C@H](CC(=O)O)NC(=O)[C@@H](N)CCC(=O)O)C(N)=O. The zero-order chi connectivity index (χ0) is 27.4. The van der Waals surface area contributed by atoms with Crippen molar-refractivity contribution >= 4 is 41.5 Å². The van der Waals surface area contributed by atoms with E-state index in [1.165, 1.54) is 0 Å². The Hall–Kier alpha value is -3.95. The lowest BCUT2D eigenvalue weighted by Crippen LogP contribution is -2.57. The molecule has 36 heavy (non-hydrogen) atoms. The average Bonchev–Trinajstić information content (AvgIpc) is 3.27. The van der Waals surface area contributed by atoms with E-state index in [0.29, 0.717) is 12.8 Å². The Morgan fingerprint density at radius 3 is 2.22 bits per heavy atom. The van der Waals surface area contributed by atoms with Gasteiger partial charge in [0, 0.05) is 19.5 Å². The summed E-state index contributed by atoms with van der Waals surface area (Å²) in [6, 6.07) is -4.89. The van der Waals surface area contributed by atoms with Gasteiger partial charge in [-0.05, 0) is 32.1 Å². The molecule has 202 valence electrons. The van der Waals surface area contributed by atoms with Gasteiger partial charge in [0.2, 0.25) is 23.6 Å². The Balaban J connectivity index is 2.87. The van der Waals surface area contributed by atoms with Crippen molar-refractivity contribution in [3.8, 4) is 0 Å². The number of nitrogens with two attached hydrogens (primary N) is 3. The maximum atomic E-state index is 13.1. The van der Waals surface area contributed by atoms with Crippen LogP contribution in [0.1, 0.15) is 44.9 Å². The number of primary amides is 1. The summed E-state index contributed by atoms with van der Waals surface area (Å²) in [6.07, 6.45) is -0.245. The monoisotopic (exact) mass is 514 g/mol. The molecule has 1 aliphatic rings. The number of carboxylic acid groups (broad SMARTS) is 2. The lowest BCUT2D eigenvalue weighted by atomic mass is 10.1. The molecule has 16 nitrogen and oxygen atoms in total. The highest BCUT2D eigenvalue weighted by atomic mass is 16.4. The van der Waals surface area contributed by atoms with Crippen LogP contribution in [-0.2, 0) is 28.8 Å². The van der Waals surface area contributed by atoms with Crippen LogP contribution in [0.25, 0.3) is 0 Å². The minimum Gasteiger partial charge on any atom is -0.481 e. The first-order chi connectivity index (χ1) is 16.8. The number of hydrogen-bond donors (Lipinski definition) is 9. The molecule has 0 aliphatic carbocycles. The van der Waals surface area contributed by atoms with E-state index in [4.69, 9.17) is 27.7 Å². The van der Waals surface area contributed by atoms with Gasteiger partial charge in [-0.2, -0.15) is 0 Å². The lowest BCUT2D eigenvalue weighted by Gasteiger charge is -2.29. The second-order valence-electron chi connectivity index (χ2n) is 8.33. The molecule has 12 N–H and O–H groups in total. The number of likely N-dealkylation sites (tertiary alicyclic amines) is 1. The van der Waals surface area contributed by atoms with E-state index in [1.807, 2.05) is 0 Å². The predicted molar refractivity (Wildman–Crippen MR) is 124 cm³/mol. The van der Waals surface area contributed by atoms with E-state index in [-0.39, 0.29) is 38.3 Å². The molecule has 16 heteroatoms. The van der Waals surface area contributed by atoms with Crippen molar-refractivity contribution in [2.45, 2.75) is 69.1 Å². The van der Waals surface area contributed by atoms with Crippen molar-refractivity contribution in [1.29, 1.82) is 5.41 Å². The molecule has 0 unspecified atom stereocenters. The van der Waals surface area contributed by atoms with Crippen molar-refractivity contribution < 1.29 is 39.0 Å². The largest absolute Gasteiger partial charge is 0.481 e. The van der Waals surface area contributed by atoms with Gasteiger partial charge < -0.3 is 48.3 Å². The second kappa shape index (κ2) is 14.4. The molecule has 0 aromatic rings. The van der Waals surface area contributed by atoms with Crippen molar-refractivity contribution in [2.75, 3.05) is 13.1 Å². The zero-order valence-electron chi connectivity index (χ0n) is 19.7. The molecule has 1 rings (SSSR count). The Labute approximate surface area is 206 Å². The van der Waals surface area contributed by atoms with E-state index in [0.717, 1.165) is 4.90 Å². The summed E-state index contributed by atoms with van der Waals surface area (Å²) in [7, 11) is 0. The minimum absolute atomic E-state index is 0.109. The van der Waals surface area contributed by atoms with Gasteiger partial charge in [0.25, 0.3) is 0 Å². The molecule has 0 radical (unpaired) electrons. The van der Waals surface area contributed by atoms with Crippen molar-refractivity contribution in [3.63, 3.8) is 0 Å². The first kappa shape index (κ1) is 30.1. The third kappa shape index (κ3) is 10.1. The summed E-state index contributed by atoms with van der Waals surface area (Å²) in [4.78, 5) is 73.2. The number of nitrogens with one attached hydrogen (secondary N) is 4. The van der Waals surface area contributed by atoms with E-state index >= 15 is 0 Å². The second-order valence-corrected chi connectivity index (χ2v) is 8.33. The molecule has 4 amide bonds. The van der Waals surface area contributed by atoms with Gasteiger partial charge in [-0.3, -0.25) is 34.2 Å². The molecular formula is C20H34N8O8. The Kier molecular flexibility index (Phi) is 12.1. The van der Waals surface area contributed by atoms with Crippen LogP contribution in [0.3, 0.4) is 0 Å². The smallest absolute Gasteiger partial charge is 0.305 e. The number of guanidine groups is 1. The number of rotatable bonds is 15. The summed E-state index contributed by atoms with van der Waals surface area (Å²) in [6.45, 7) is 0.381. The van der Waals surface area contributed by atoms with Gasteiger partial charge in [-0.15, -0.1) is 0 Å². The Morgan fingerprint density at radius 2 is 1.67 bits per heavy atom. The molecule has 1 fully saturated rings. The van der Waals surface area contributed by atoms with Gasteiger partial charge in [-0.25, -0.2) is 0 Å². The highest BCUT2D eigenvalue weighted by Gasteiger charge is 2.39. The first-order valence-corrected chi connectivity index (χ1v) is 11.3. The van der Waals surface area contributed by atoms with Crippen LogP contribution in [0.2, 0.25) is 0 Å². The first-order valence-electron chi connectivity index (χ1n) is 11.3. The van der Waals surface area contributed by atoms with Crippen LogP contribution in [0.4, 0.5) is 0 Å². The van der Waals surface area contributed by atoms with Crippen molar-refractivity contribution in [3.05, 3.63) is 0 Å². The summed E-state index contributed by atoms with van der Waals surface area (Å²) in [5.41, 5.74) is 16.2. The molecule has 0 bridgehead atoms. The molecule has 0 aromatic heterocycles. The van der Waals surface area contributed by atoms with E-state index in [9.17, 15) is 33.9 Å². The van der Waals surface area contributed by atoms with Crippen molar-refractivity contribution in [2.24, 2.45) is 17.2 Å². The number of nitrogens with zero attached hydrogens (tertiary/aromatic N) is 1. The standard InChI is InChI=1S/C20H34N8O8/c21-10(5-6-14(29)30)17(34)27-12(9-15(31)32)19(36)28-8-2-4-13(28)18(35)26-11(16(22)33)3-1-7-25-20(23)24/h10-13H,1-9,21H2,(H2,22,33)(H,26,35)(H,27,34)(H,29,30)(H,31,32)(H4,23,24,25)/t10-,11-,12-,13-/m0/s1. The fourth-order valence-corrected chi connectivity index (χ4v) is 3.65. The number of carbonyl (C=O) groups is 6. The van der Waals surface area contributed by atoms with E-state index in [1.54, 1.807) is 0 Å². The van der Waals surface area contributed by atoms with Crippen LogP contribution in [0.5, 0.6) is 0 Å². The lowest BCUT2D eigenvalue weighted by molar-refractivity contribution is -0.146. The third-order valence-electron chi connectivity index (χ3n) is 5.48. The molecule has 1 aliphatic heterocycles. The zero-order valence-corrected chi connectivity index (χ0v) is 19.7. The third-order valence-corrected chi connectivity index (χ3v) is 5.48. The van der Waals surface area contributed by atoms with Crippen LogP contribution in [0, 0.1) is 5.41 Å². The molecule has 4 atom stereocenters. The average molecular weight is 515 g/mol. The number of aliphatic carboxylic acids is 2. The number of carbonyl (C=O) groups excluding carboxylic acids is 4. The Bertz CT molecular complexity index is 867. The van der Waals surface area contributed by atoms with Crippen LogP contribution in [0.15, 0.2) is 0 Å². The molecule has 1 saturated heterocycles. The van der Waals surface area contributed by atoms with Gasteiger partial charge in [0.15, 0.2) is 5.96 Å². The van der Waals surface area contributed by atoms with Crippen LogP contribution >= 0.6 is 0 Å². The molecule has 0 aromatic carbocycles. The summed E-state index contributed by atoms with van der Waals surface area (Å²) < 4.78 is 0. The van der Waals surface area contributed by atoms with Gasteiger partial charge in [0.05, 0.1) is 12.5 Å². The normalized spacial score (nSPS) is 17.4. The quantitative estimate of drug-likeness (QED) is 0.0583. The topological polar surface area (TPSA) is 284 Å². The number of amides is 4. The van der Waals surface area contributed by atoms with Gasteiger partial charge in [-0.1, -0.05) is 0 Å². The van der Waals surface area contributed by atoms with Crippen LogP contribution < -0.4 is 33.2 Å². The van der Waals surface area contributed by atoms with Gasteiger partial charge in [0.1, 0.15) is 18.1 Å². The minimum atomic E-state index is -1.54. The van der Waals surface area contributed by atoms with Crippen LogP contribution in [-0.4, -0.2) is 93.9 Å². The summed E-state index contributed by atoms with van der Waals surface area (Å²) >= 11 is 0. The Morgan fingerprint density at radius 1 is 1.00 bits per heavy atom. The molecule has 0 spiro atoms. The molecule has 1 heterocycles. The number of carboxylic acids is 2. The predicted octanol–water partition coefficient (Wildman–Crippen LogP) is -3.64. The van der Waals surface area contributed by atoms with E-state index in [2.05, 4.69) is 16.0 Å². The van der Waals surface area contributed by atoms with Crippen molar-refractivity contribution in [1.82, 2.24) is 20.9 Å². The fourth-order valence-electron chi connectivity index (χ4n) is 3.65. The maximum Gasteiger partial charge on any atom is 0.305 e. The summed E-state index contributed by atoms with van der Waals surface area (Å²) in [5, 5.41) is 32.3. The van der Waals surface area contributed by atoms with E-state index < -0.39 is 72.6 Å². The highest BCUT2D eigenvalue weighted by molar-refractivity contribution is 5.96. The molecule has 0 saturated carbocycles. The fraction of sp³-hybridized carbons (Fsp3) is 0.650. The highest BCUT2D eigenvalue weighted by Crippen LogP contribution is 2.20. The van der Waals surface area contributed by atoms with Gasteiger partial charge >= 0.3 is 11.9 Å². The number of hydrogen-bond acceptors (Lipinski definition) is 8. The maximum absolute atomic E-state index is 13.1. The molecular weight excluding hydrogens is 480 g/mol.